The number of carbonyl (C=O) groups excluding carboxylic acids is 1. The van der Waals surface area contributed by atoms with Gasteiger partial charge in [-0.15, -0.1) is 0 Å². The summed E-state index contributed by atoms with van der Waals surface area (Å²) < 4.78 is 5.06. The van der Waals surface area contributed by atoms with Crippen LogP contribution in [0.2, 0.25) is 0 Å². The van der Waals surface area contributed by atoms with Crippen LogP contribution < -0.4 is 10.6 Å². The van der Waals surface area contributed by atoms with Gasteiger partial charge in [0.1, 0.15) is 11.5 Å². The molecule has 1 aromatic heterocycles. The molecular weight excluding hydrogens is 370 g/mol. The maximum Gasteiger partial charge on any atom is 0.307 e. The molecule has 0 aromatic carbocycles. The van der Waals surface area contributed by atoms with E-state index in [0.29, 0.717) is 23.9 Å². The van der Waals surface area contributed by atoms with Crippen molar-refractivity contribution in [1.29, 1.82) is 0 Å². The summed E-state index contributed by atoms with van der Waals surface area (Å²) in [5.74, 6) is 0.616. The number of carboxylic acid groups (broad SMARTS) is 1. The summed E-state index contributed by atoms with van der Waals surface area (Å²) in [4.78, 5) is 25.3. The number of hydrogen-bond donors (Lipinski definition) is 3. The van der Waals surface area contributed by atoms with Gasteiger partial charge in [-0.05, 0) is 87.6 Å². The van der Waals surface area contributed by atoms with Crippen LogP contribution in [0, 0.1) is 47.8 Å². The molecule has 1 amide bonds. The van der Waals surface area contributed by atoms with Gasteiger partial charge in [0.25, 0.3) is 0 Å². The minimum Gasteiger partial charge on any atom is -0.481 e. The van der Waals surface area contributed by atoms with Crippen LogP contribution >= 0.6 is 0 Å². The minimum atomic E-state index is -0.790. The third kappa shape index (κ3) is 3.09. The van der Waals surface area contributed by atoms with Crippen LogP contribution in [0.25, 0.3) is 0 Å². The second kappa shape index (κ2) is 7.11. The van der Waals surface area contributed by atoms with Crippen LogP contribution in [-0.2, 0) is 16.1 Å². The molecule has 1 spiro atoms. The largest absolute Gasteiger partial charge is 0.481 e. The van der Waals surface area contributed by atoms with Crippen LogP contribution in [0.4, 0.5) is 0 Å². The van der Waals surface area contributed by atoms with E-state index in [1.165, 1.54) is 19.3 Å². The van der Waals surface area contributed by atoms with Crippen molar-refractivity contribution in [1.82, 2.24) is 15.8 Å². The van der Waals surface area contributed by atoms with Crippen molar-refractivity contribution in [2.45, 2.75) is 52.0 Å². The molecule has 2 unspecified atom stereocenters. The fourth-order valence-electron chi connectivity index (χ4n) is 7.27. The highest BCUT2D eigenvalue weighted by molar-refractivity contribution is 5.86. The number of nitrogens with zero attached hydrogens (tertiary/aromatic N) is 1. The van der Waals surface area contributed by atoms with E-state index >= 15 is 0 Å². The van der Waals surface area contributed by atoms with Gasteiger partial charge in [0.05, 0.1) is 18.4 Å². The van der Waals surface area contributed by atoms with E-state index in [4.69, 9.17) is 4.52 Å². The van der Waals surface area contributed by atoms with Crippen molar-refractivity contribution < 1.29 is 19.2 Å². The minimum absolute atomic E-state index is 0.112. The molecule has 1 aromatic rings. The van der Waals surface area contributed by atoms with Gasteiger partial charge in [-0.1, -0.05) is 5.16 Å². The predicted octanol–water partition coefficient (Wildman–Crippen LogP) is 2.35. The smallest absolute Gasteiger partial charge is 0.307 e. The average molecular weight is 402 g/mol. The van der Waals surface area contributed by atoms with E-state index in [1.54, 1.807) is 6.07 Å². The zero-order valence-electron chi connectivity index (χ0n) is 17.0. The molecule has 3 N–H and O–H groups in total. The molecule has 2 heterocycles. The van der Waals surface area contributed by atoms with Gasteiger partial charge in [0.2, 0.25) is 5.91 Å². The number of aliphatic carboxylic acids is 1. The Bertz CT molecular complexity index is 802. The molecule has 3 saturated carbocycles. The fraction of sp³-hybridized carbons (Fsp3) is 0.773. The Morgan fingerprint density at radius 1 is 1.24 bits per heavy atom. The van der Waals surface area contributed by atoms with E-state index in [9.17, 15) is 14.7 Å². The lowest BCUT2D eigenvalue weighted by molar-refractivity contribution is -0.149. The highest BCUT2D eigenvalue weighted by Gasteiger charge is 2.75. The summed E-state index contributed by atoms with van der Waals surface area (Å²) in [6.45, 7) is 4.30. The zero-order chi connectivity index (χ0) is 20.2. The van der Waals surface area contributed by atoms with E-state index in [1.807, 2.05) is 6.92 Å². The number of carboxylic acids is 1. The monoisotopic (exact) mass is 401 g/mol. The third-order valence-corrected chi connectivity index (χ3v) is 8.41. The highest BCUT2D eigenvalue weighted by Crippen LogP contribution is 2.78. The van der Waals surface area contributed by atoms with E-state index < -0.39 is 17.8 Å². The lowest BCUT2D eigenvalue weighted by Crippen LogP contribution is -2.41. The van der Waals surface area contributed by atoms with Crippen LogP contribution in [0.3, 0.4) is 0 Å². The lowest BCUT2D eigenvalue weighted by Gasteiger charge is -2.26. The van der Waals surface area contributed by atoms with Gasteiger partial charge >= 0.3 is 5.97 Å². The van der Waals surface area contributed by atoms with Crippen LogP contribution in [-0.4, -0.2) is 35.2 Å². The topological polar surface area (TPSA) is 104 Å². The molecule has 5 rings (SSSR count). The first kappa shape index (κ1) is 19.1. The standard InChI is InChI=1S/C22H31N3O4/c1-12-8-15(25-29-12)11-24-20(26)18-16-2-3-17(19(18)21(27)28)22(16)10-14(22)9-13-4-6-23-7-5-13/h8,13-14,16-19,23H,2-7,9-11H2,1H3,(H,24,26)(H,27,28)/t14?,16-,17+,18+,19+,22?/m0/s1. The quantitative estimate of drug-likeness (QED) is 0.676. The number of carbonyl (C=O) groups is 2. The van der Waals surface area contributed by atoms with Crippen molar-refractivity contribution >= 4 is 11.9 Å². The summed E-state index contributed by atoms with van der Waals surface area (Å²) in [5, 5.41) is 20.3. The zero-order valence-corrected chi connectivity index (χ0v) is 17.0. The van der Waals surface area contributed by atoms with Gasteiger partial charge < -0.3 is 20.3 Å². The molecule has 3 aliphatic carbocycles. The lowest BCUT2D eigenvalue weighted by atomic mass is 9.78. The molecule has 6 atom stereocenters. The molecule has 1 aliphatic heterocycles. The highest BCUT2D eigenvalue weighted by atomic mass is 16.5. The first-order valence-electron chi connectivity index (χ1n) is 11.1. The van der Waals surface area contributed by atoms with Gasteiger partial charge in [0, 0.05) is 6.07 Å². The first-order chi connectivity index (χ1) is 14.0. The van der Waals surface area contributed by atoms with Gasteiger partial charge in [-0.2, -0.15) is 0 Å². The third-order valence-electron chi connectivity index (χ3n) is 8.41. The van der Waals surface area contributed by atoms with Crippen molar-refractivity contribution in [3.8, 4) is 0 Å². The Kier molecular flexibility index (Phi) is 4.68. The summed E-state index contributed by atoms with van der Waals surface area (Å²) in [6, 6.07) is 1.80. The molecule has 29 heavy (non-hydrogen) atoms. The Balaban J connectivity index is 1.30. The normalized spacial score (nSPS) is 38.4. The first-order valence-corrected chi connectivity index (χ1v) is 11.1. The average Bonchev–Trinajstić information content (AvgIpc) is 2.97. The fourth-order valence-corrected chi connectivity index (χ4v) is 7.27. The molecular formula is C22H31N3O4. The van der Waals surface area contributed by atoms with Crippen LogP contribution in [0.1, 0.15) is 50.0 Å². The summed E-state index contributed by atoms with van der Waals surface area (Å²) >= 11 is 0. The number of aromatic nitrogens is 1. The molecule has 158 valence electrons. The van der Waals surface area contributed by atoms with Crippen molar-refractivity contribution in [3.63, 3.8) is 0 Å². The molecule has 4 aliphatic rings. The molecule has 1 saturated heterocycles. The summed E-state index contributed by atoms with van der Waals surface area (Å²) in [7, 11) is 0. The van der Waals surface area contributed by atoms with Crippen molar-refractivity contribution in [2.24, 2.45) is 40.9 Å². The van der Waals surface area contributed by atoms with Crippen molar-refractivity contribution in [2.75, 3.05) is 13.1 Å². The second-order valence-corrected chi connectivity index (χ2v) is 9.77. The number of rotatable bonds is 6. The van der Waals surface area contributed by atoms with Gasteiger partial charge in [0.15, 0.2) is 0 Å². The number of amides is 1. The maximum absolute atomic E-state index is 13.1. The van der Waals surface area contributed by atoms with E-state index in [0.717, 1.165) is 38.3 Å². The second-order valence-electron chi connectivity index (χ2n) is 9.77. The van der Waals surface area contributed by atoms with Crippen LogP contribution in [0.15, 0.2) is 10.6 Å². The number of piperidine rings is 1. The summed E-state index contributed by atoms with van der Waals surface area (Å²) in [6.07, 6.45) is 6.77. The number of nitrogens with one attached hydrogen (secondary N) is 2. The Hall–Kier alpha value is -1.89. The SMILES string of the molecule is Cc1cc(CNC(=O)[C@H]2[C@H](C(=O)O)[C@H]3CC[C@@H]2C32CC2CC2CCNCC2)no1. The maximum atomic E-state index is 13.1. The van der Waals surface area contributed by atoms with E-state index in [2.05, 4.69) is 15.8 Å². The van der Waals surface area contributed by atoms with Crippen molar-refractivity contribution in [3.05, 3.63) is 17.5 Å². The number of aryl methyl sites for hydroxylation is 1. The van der Waals surface area contributed by atoms with Crippen LogP contribution in [0.5, 0.6) is 0 Å². The molecule has 0 radical (unpaired) electrons. The van der Waals surface area contributed by atoms with E-state index in [-0.39, 0.29) is 23.2 Å². The Morgan fingerprint density at radius 2 is 1.97 bits per heavy atom. The molecule has 4 fully saturated rings. The molecule has 7 nitrogen and oxygen atoms in total. The molecule has 7 heteroatoms. The van der Waals surface area contributed by atoms with Gasteiger partial charge in [-0.3, -0.25) is 9.59 Å². The van der Waals surface area contributed by atoms with Gasteiger partial charge in [-0.25, -0.2) is 0 Å². The Morgan fingerprint density at radius 3 is 2.62 bits per heavy atom. The molecule has 2 bridgehead atoms. The number of hydrogen-bond acceptors (Lipinski definition) is 5. The summed E-state index contributed by atoms with van der Waals surface area (Å²) in [5.41, 5.74) is 0.788. The predicted molar refractivity (Wildman–Crippen MR) is 105 cm³/mol. The Labute approximate surface area is 171 Å².